The maximum atomic E-state index is 4.98. The smallest absolute Gasteiger partial charge is 0.216 e. The number of rotatable bonds is 4. The fraction of sp³-hybridized carbons (Fsp3) is 0. The molecular formula is C32H22N6+2. The van der Waals surface area contributed by atoms with E-state index < -0.39 is 0 Å². The lowest BCUT2D eigenvalue weighted by Crippen LogP contribution is -2.39. The first-order chi connectivity index (χ1) is 18.8. The molecule has 6 nitrogen and oxygen atoms in total. The van der Waals surface area contributed by atoms with Crippen LogP contribution in [0.3, 0.4) is 0 Å². The van der Waals surface area contributed by atoms with Crippen molar-refractivity contribution in [2.45, 2.75) is 0 Å². The Morgan fingerprint density at radius 2 is 0.763 bits per heavy atom. The fourth-order valence-electron chi connectivity index (χ4n) is 4.59. The van der Waals surface area contributed by atoms with Crippen LogP contribution in [0.4, 0.5) is 0 Å². The van der Waals surface area contributed by atoms with Gasteiger partial charge in [0.15, 0.2) is 0 Å². The molecule has 38 heavy (non-hydrogen) atoms. The van der Waals surface area contributed by atoms with Gasteiger partial charge in [0.1, 0.15) is 11.0 Å². The van der Waals surface area contributed by atoms with Crippen LogP contribution in [0.2, 0.25) is 0 Å². The van der Waals surface area contributed by atoms with Crippen LogP contribution in [0.15, 0.2) is 133 Å². The normalized spacial score (nSPS) is 11.2. The Bertz CT molecular complexity index is 1750. The van der Waals surface area contributed by atoms with Gasteiger partial charge in [-0.15, -0.1) is 0 Å². The van der Waals surface area contributed by atoms with Gasteiger partial charge in [0.2, 0.25) is 23.0 Å². The molecule has 0 atom stereocenters. The SMILES string of the molecule is c1ccc(-c2nc3cc4nc(-c5ccccc5)n[n+](-c5ccccc5)c4cc3[n+](-c3ccccc3)n2)cc1. The van der Waals surface area contributed by atoms with E-state index in [1.165, 1.54) is 0 Å². The van der Waals surface area contributed by atoms with Crippen molar-refractivity contribution in [3.05, 3.63) is 133 Å². The third-order valence-corrected chi connectivity index (χ3v) is 6.44. The Morgan fingerprint density at radius 1 is 0.395 bits per heavy atom. The van der Waals surface area contributed by atoms with Crippen molar-refractivity contribution in [2.75, 3.05) is 0 Å². The maximum absolute atomic E-state index is 4.98. The molecule has 0 bridgehead atoms. The zero-order valence-corrected chi connectivity index (χ0v) is 20.4. The highest BCUT2D eigenvalue weighted by Crippen LogP contribution is 2.23. The lowest BCUT2D eigenvalue weighted by molar-refractivity contribution is -0.636. The topological polar surface area (TPSA) is 59.3 Å². The van der Waals surface area contributed by atoms with Crippen molar-refractivity contribution in [3.63, 3.8) is 0 Å². The number of aromatic nitrogens is 6. The van der Waals surface area contributed by atoms with Gasteiger partial charge in [-0.05, 0) is 9.36 Å². The van der Waals surface area contributed by atoms with E-state index in [0.29, 0.717) is 11.6 Å². The third kappa shape index (κ3) is 3.94. The molecule has 0 aliphatic carbocycles. The molecule has 0 fully saturated rings. The number of nitrogens with zero attached hydrogens (tertiary/aromatic N) is 6. The third-order valence-electron chi connectivity index (χ3n) is 6.44. The van der Waals surface area contributed by atoms with E-state index in [9.17, 15) is 0 Å². The van der Waals surface area contributed by atoms with Crippen LogP contribution in [0.1, 0.15) is 0 Å². The Labute approximate surface area is 219 Å². The van der Waals surface area contributed by atoms with E-state index in [2.05, 4.69) is 6.07 Å². The summed E-state index contributed by atoms with van der Waals surface area (Å²) in [6, 6.07) is 44.4. The van der Waals surface area contributed by atoms with E-state index >= 15 is 0 Å². The van der Waals surface area contributed by atoms with E-state index in [1.807, 2.05) is 137 Å². The second-order valence-electron chi connectivity index (χ2n) is 8.93. The first-order valence-corrected chi connectivity index (χ1v) is 12.4. The van der Waals surface area contributed by atoms with Crippen LogP contribution in [0.25, 0.3) is 56.2 Å². The molecule has 7 aromatic rings. The van der Waals surface area contributed by atoms with E-state index in [0.717, 1.165) is 44.6 Å². The lowest BCUT2D eigenvalue weighted by atomic mass is 10.2. The minimum atomic E-state index is 0.648. The molecule has 2 aromatic heterocycles. The highest BCUT2D eigenvalue weighted by atomic mass is 15.3. The Hall–Kier alpha value is -5.36. The zero-order chi connectivity index (χ0) is 25.3. The van der Waals surface area contributed by atoms with Gasteiger partial charge in [0, 0.05) is 51.7 Å². The Kier molecular flexibility index (Phi) is 5.33. The molecular weight excluding hydrogens is 468 g/mol. The lowest BCUT2D eigenvalue weighted by Gasteiger charge is -2.05. The van der Waals surface area contributed by atoms with Gasteiger partial charge >= 0.3 is 0 Å². The number of benzene rings is 5. The number of hydrogen-bond acceptors (Lipinski definition) is 4. The Balaban J connectivity index is 1.57. The van der Waals surface area contributed by atoms with E-state index in [-0.39, 0.29) is 0 Å². The highest BCUT2D eigenvalue weighted by molar-refractivity contribution is 5.89. The summed E-state index contributed by atoms with van der Waals surface area (Å²) in [7, 11) is 0. The standard InChI is InChI=1S/C32H22N6/c1-5-13-23(14-6-1)31-33-27-21-28-30(22-29(27)37(35-31)25-17-9-3-10-18-25)38(26-19-11-4-12-20-26)36-32(34-28)24-15-7-2-8-16-24/h1-22H/q+2. The van der Waals surface area contributed by atoms with E-state index in [4.69, 9.17) is 20.2 Å². The van der Waals surface area contributed by atoms with Crippen LogP contribution >= 0.6 is 0 Å². The number of fused-ring (bicyclic) bond motifs is 2. The molecule has 0 spiro atoms. The summed E-state index contributed by atoms with van der Waals surface area (Å²) in [5.74, 6) is 1.30. The van der Waals surface area contributed by atoms with Crippen LogP contribution in [0, 0.1) is 0 Å². The van der Waals surface area contributed by atoms with Crippen molar-refractivity contribution in [2.24, 2.45) is 0 Å². The molecule has 0 saturated heterocycles. The quantitative estimate of drug-likeness (QED) is 0.243. The molecule has 0 unspecified atom stereocenters. The fourth-order valence-corrected chi connectivity index (χ4v) is 4.59. The summed E-state index contributed by atoms with van der Waals surface area (Å²) in [5, 5.41) is 9.94. The van der Waals surface area contributed by atoms with Gasteiger partial charge in [-0.1, -0.05) is 97.1 Å². The minimum absolute atomic E-state index is 0.648. The number of para-hydroxylation sites is 2. The second kappa shape index (κ2) is 9.26. The largest absolute Gasteiger partial charge is 0.271 e. The second-order valence-corrected chi connectivity index (χ2v) is 8.93. The molecule has 0 amide bonds. The average molecular weight is 491 g/mol. The van der Waals surface area contributed by atoms with Crippen LogP contribution in [0.5, 0.6) is 0 Å². The molecule has 178 valence electrons. The molecule has 0 aliphatic rings. The zero-order valence-electron chi connectivity index (χ0n) is 20.4. The molecule has 2 heterocycles. The first kappa shape index (κ1) is 21.9. The maximum Gasteiger partial charge on any atom is 0.271 e. The predicted molar refractivity (Wildman–Crippen MR) is 147 cm³/mol. The monoisotopic (exact) mass is 490 g/mol. The predicted octanol–water partition coefficient (Wildman–Crippen LogP) is 5.46. The Morgan fingerprint density at radius 3 is 1.16 bits per heavy atom. The summed E-state index contributed by atoms with van der Waals surface area (Å²) in [5.41, 5.74) is 7.12. The minimum Gasteiger partial charge on any atom is -0.216 e. The van der Waals surface area contributed by atoms with Gasteiger partial charge in [-0.3, -0.25) is 0 Å². The van der Waals surface area contributed by atoms with Gasteiger partial charge in [-0.2, -0.15) is 0 Å². The highest BCUT2D eigenvalue weighted by Gasteiger charge is 2.26. The molecule has 0 saturated carbocycles. The van der Waals surface area contributed by atoms with Crippen molar-refractivity contribution in [1.29, 1.82) is 0 Å². The van der Waals surface area contributed by atoms with Crippen molar-refractivity contribution in [3.8, 4) is 34.2 Å². The summed E-state index contributed by atoms with van der Waals surface area (Å²) in [6.45, 7) is 0. The van der Waals surface area contributed by atoms with Crippen molar-refractivity contribution in [1.82, 2.24) is 20.2 Å². The van der Waals surface area contributed by atoms with Gasteiger partial charge < -0.3 is 0 Å². The van der Waals surface area contributed by atoms with E-state index in [1.54, 1.807) is 0 Å². The molecule has 0 aliphatic heterocycles. The van der Waals surface area contributed by atoms with Crippen LogP contribution in [-0.4, -0.2) is 20.2 Å². The van der Waals surface area contributed by atoms with Crippen LogP contribution in [-0.2, 0) is 0 Å². The van der Waals surface area contributed by atoms with Gasteiger partial charge in [0.05, 0.1) is 6.07 Å². The summed E-state index contributed by atoms with van der Waals surface area (Å²) in [4.78, 5) is 9.97. The molecule has 5 aromatic carbocycles. The number of hydrogen-bond donors (Lipinski definition) is 0. The van der Waals surface area contributed by atoms with Crippen LogP contribution < -0.4 is 9.36 Å². The van der Waals surface area contributed by atoms with Crippen molar-refractivity contribution < 1.29 is 9.36 Å². The molecule has 6 heteroatoms. The van der Waals surface area contributed by atoms with Crippen molar-refractivity contribution >= 4 is 22.1 Å². The molecule has 7 rings (SSSR count). The summed E-state index contributed by atoms with van der Waals surface area (Å²) in [6.07, 6.45) is 0. The summed E-state index contributed by atoms with van der Waals surface area (Å²) < 4.78 is 3.90. The summed E-state index contributed by atoms with van der Waals surface area (Å²) >= 11 is 0. The average Bonchev–Trinajstić information content (AvgIpc) is 3.00. The molecule has 0 N–H and O–H groups in total. The molecule has 0 radical (unpaired) electrons. The first-order valence-electron chi connectivity index (χ1n) is 12.4. The van der Waals surface area contributed by atoms with Gasteiger partial charge in [0.25, 0.3) is 11.0 Å². The van der Waals surface area contributed by atoms with Gasteiger partial charge in [-0.25, -0.2) is 9.97 Å².